The van der Waals surface area contributed by atoms with Gasteiger partial charge in [0.25, 0.3) is 0 Å². The van der Waals surface area contributed by atoms with Crippen LogP contribution in [0.3, 0.4) is 0 Å². The average molecular weight is 140 g/mol. The molecule has 0 fully saturated rings. The van der Waals surface area contributed by atoms with Gasteiger partial charge in [0.2, 0.25) is 0 Å². The molecule has 0 bridgehead atoms. The molecule has 0 saturated heterocycles. The molecule has 0 spiro atoms. The zero-order valence-corrected chi connectivity index (χ0v) is 6.56. The molecule has 2 heteroatoms. The lowest BCUT2D eigenvalue weighted by Gasteiger charge is -2.15. The molecule has 0 aliphatic carbocycles. The van der Waals surface area contributed by atoms with E-state index in [4.69, 9.17) is 5.73 Å². The van der Waals surface area contributed by atoms with Crippen molar-refractivity contribution in [1.82, 2.24) is 5.32 Å². The van der Waals surface area contributed by atoms with E-state index in [0.29, 0.717) is 6.04 Å². The van der Waals surface area contributed by atoms with Crippen LogP contribution in [0.5, 0.6) is 0 Å². The summed E-state index contributed by atoms with van der Waals surface area (Å²) in [5.41, 5.74) is 7.13. The lowest BCUT2D eigenvalue weighted by molar-refractivity contribution is 0.640. The second-order valence-corrected chi connectivity index (χ2v) is 3.01. The van der Waals surface area contributed by atoms with Crippen LogP contribution in [0, 0.1) is 0 Å². The van der Waals surface area contributed by atoms with E-state index < -0.39 is 0 Å². The molecule has 0 aromatic heterocycles. The van der Waals surface area contributed by atoms with Crippen molar-refractivity contribution in [3.8, 4) is 0 Å². The fourth-order valence-electron chi connectivity index (χ4n) is 1.27. The SMILES string of the molecule is CC(N)CC1=CCCNC1. The predicted molar refractivity (Wildman–Crippen MR) is 43.8 cm³/mol. The Morgan fingerprint density at radius 2 is 2.60 bits per heavy atom. The first kappa shape index (κ1) is 7.76. The second kappa shape index (κ2) is 3.74. The van der Waals surface area contributed by atoms with Crippen LogP contribution in [0.1, 0.15) is 19.8 Å². The standard InChI is InChI=1S/C8H16N2/c1-7(9)5-8-3-2-4-10-6-8/h3,7,10H,2,4-6,9H2,1H3. The van der Waals surface area contributed by atoms with Crippen LogP contribution < -0.4 is 11.1 Å². The molecule has 1 rings (SSSR count). The highest BCUT2D eigenvalue weighted by molar-refractivity contribution is 5.08. The normalized spacial score (nSPS) is 22.0. The van der Waals surface area contributed by atoms with E-state index in [9.17, 15) is 0 Å². The summed E-state index contributed by atoms with van der Waals surface area (Å²) in [7, 11) is 0. The fraction of sp³-hybridized carbons (Fsp3) is 0.750. The maximum absolute atomic E-state index is 5.65. The van der Waals surface area contributed by atoms with Crippen LogP contribution in [-0.2, 0) is 0 Å². The van der Waals surface area contributed by atoms with Gasteiger partial charge in [-0.2, -0.15) is 0 Å². The van der Waals surface area contributed by atoms with Crippen LogP contribution in [0.25, 0.3) is 0 Å². The summed E-state index contributed by atoms with van der Waals surface area (Å²) in [5.74, 6) is 0. The molecular formula is C8H16N2. The van der Waals surface area contributed by atoms with Crippen molar-refractivity contribution >= 4 is 0 Å². The minimum atomic E-state index is 0.311. The molecule has 0 amide bonds. The lowest BCUT2D eigenvalue weighted by atomic mass is 10.0. The third-order valence-corrected chi connectivity index (χ3v) is 1.69. The minimum Gasteiger partial charge on any atom is -0.328 e. The van der Waals surface area contributed by atoms with E-state index >= 15 is 0 Å². The first-order valence-corrected chi connectivity index (χ1v) is 3.93. The monoisotopic (exact) mass is 140 g/mol. The Kier molecular flexibility index (Phi) is 2.90. The highest BCUT2D eigenvalue weighted by atomic mass is 14.9. The van der Waals surface area contributed by atoms with Gasteiger partial charge in [0.1, 0.15) is 0 Å². The van der Waals surface area contributed by atoms with Crippen LogP contribution in [0.2, 0.25) is 0 Å². The van der Waals surface area contributed by atoms with Crippen molar-refractivity contribution in [3.63, 3.8) is 0 Å². The zero-order valence-electron chi connectivity index (χ0n) is 6.56. The summed E-state index contributed by atoms with van der Waals surface area (Å²) in [5, 5.41) is 3.32. The van der Waals surface area contributed by atoms with E-state index in [1.165, 1.54) is 12.0 Å². The first-order valence-electron chi connectivity index (χ1n) is 3.93. The topological polar surface area (TPSA) is 38.0 Å². The van der Waals surface area contributed by atoms with Gasteiger partial charge in [0.05, 0.1) is 0 Å². The quantitative estimate of drug-likeness (QED) is 0.552. The van der Waals surface area contributed by atoms with Gasteiger partial charge in [-0.05, 0) is 26.3 Å². The minimum absolute atomic E-state index is 0.311. The Labute approximate surface area is 62.5 Å². The average Bonchev–Trinajstić information content (AvgIpc) is 1.88. The molecule has 0 radical (unpaired) electrons. The van der Waals surface area contributed by atoms with Gasteiger partial charge in [0.15, 0.2) is 0 Å². The van der Waals surface area contributed by atoms with E-state index in [-0.39, 0.29) is 0 Å². The Hall–Kier alpha value is -0.340. The molecule has 1 aliphatic heterocycles. The van der Waals surface area contributed by atoms with Crippen molar-refractivity contribution in [3.05, 3.63) is 11.6 Å². The smallest absolute Gasteiger partial charge is 0.0165 e. The van der Waals surface area contributed by atoms with Gasteiger partial charge in [-0.3, -0.25) is 0 Å². The Morgan fingerprint density at radius 1 is 1.80 bits per heavy atom. The number of nitrogens with two attached hydrogens (primary N) is 1. The largest absolute Gasteiger partial charge is 0.328 e. The summed E-state index contributed by atoms with van der Waals surface area (Å²) in [6.07, 6.45) is 4.52. The summed E-state index contributed by atoms with van der Waals surface area (Å²) in [6, 6.07) is 0.311. The maximum atomic E-state index is 5.65. The Bertz CT molecular complexity index is 127. The van der Waals surface area contributed by atoms with Crippen molar-refractivity contribution < 1.29 is 0 Å². The fourth-order valence-corrected chi connectivity index (χ4v) is 1.27. The van der Waals surface area contributed by atoms with Gasteiger partial charge in [-0.25, -0.2) is 0 Å². The molecule has 1 atom stereocenters. The molecule has 0 aromatic carbocycles. The Morgan fingerprint density at radius 3 is 3.10 bits per heavy atom. The maximum Gasteiger partial charge on any atom is 0.0165 e. The third kappa shape index (κ3) is 2.50. The highest BCUT2D eigenvalue weighted by Crippen LogP contribution is 2.06. The van der Waals surface area contributed by atoms with Crippen molar-refractivity contribution in [2.75, 3.05) is 13.1 Å². The predicted octanol–water partition coefficient (Wildman–Crippen LogP) is 0.643. The van der Waals surface area contributed by atoms with Gasteiger partial charge in [-0.1, -0.05) is 11.6 Å². The summed E-state index contributed by atoms with van der Waals surface area (Å²) < 4.78 is 0. The first-order chi connectivity index (χ1) is 4.79. The summed E-state index contributed by atoms with van der Waals surface area (Å²) >= 11 is 0. The Balaban J connectivity index is 2.31. The van der Waals surface area contributed by atoms with Crippen LogP contribution in [-0.4, -0.2) is 19.1 Å². The number of rotatable bonds is 2. The van der Waals surface area contributed by atoms with Gasteiger partial charge >= 0.3 is 0 Å². The van der Waals surface area contributed by atoms with Gasteiger partial charge in [-0.15, -0.1) is 0 Å². The van der Waals surface area contributed by atoms with Crippen molar-refractivity contribution in [1.29, 1.82) is 0 Å². The number of nitrogens with one attached hydrogen (secondary N) is 1. The molecular weight excluding hydrogens is 124 g/mol. The van der Waals surface area contributed by atoms with Crippen LogP contribution in [0.4, 0.5) is 0 Å². The van der Waals surface area contributed by atoms with Crippen molar-refractivity contribution in [2.24, 2.45) is 5.73 Å². The molecule has 2 nitrogen and oxygen atoms in total. The van der Waals surface area contributed by atoms with E-state index in [1.807, 2.05) is 0 Å². The number of hydrogen-bond donors (Lipinski definition) is 2. The number of hydrogen-bond acceptors (Lipinski definition) is 2. The summed E-state index contributed by atoms with van der Waals surface area (Å²) in [4.78, 5) is 0. The van der Waals surface area contributed by atoms with Crippen molar-refractivity contribution in [2.45, 2.75) is 25.8 Å². The van der Waals surface area contributed by atoms with Gasteiger partial charge in [0, 0.05) is 12.6 Å². The molecule has 0 aromatic rings. The second-order valence-electron chi connectivity index (χ2n) is 3.01. The van der Waals surface area contributed by atoms with E-state index in [1.54, 1.807) is 0 Å². The van der Waals surface area contributed by atoms with E-state index in [0.717, 1.165) is 19.5 Å². The molecule has 3 N–H and O–H groups in total. The van der Waals surface area contributed by atoms with Crippen LogP contribution >= 0.6 is 0 Å². The molecule has 1 aliphatic rings. The van der Waals surface area contributed by atoms with Gasteiger partial charge < -0.3 is 11.1 Å². The molecule has 1 unspecified atom stereocenters. The molecule has 1 heterocycles. The van der Waals surface area contributed by atoms with E-state index in [2.05, 4.69) is 18.3 Å². The zero-order chi connectivity index (χ0) is 7.40. The molecule has 58 valence electrons. The highest BCUT2D eigenvalue weighted by Gasteiger charge is 2.03. The molecule has 10 heavy (non-hydrogen) atoms. The third-order valence-electron chi connectivity index (χ3n) is 1.69. The van der Waals surface area contributed by atoms with Crippen LogP contribution in [0.15, 0.2) is 11.6 Å². The summed E-state index contributed by atoms with van der Waals surface area (Å²) in [6.45, 7) is 4.22. The lowest BCUT2D eigenvalue weighted by Crippen LogP contribution is -2.26. The molecule has 0 saturated carbocycles.